The Hall–Kier alpha value is -0.570. The molecule has 0 saturated carbocycles. The Labute approximate surface area is 73.2 Å². The topological polar surface area (TPSA) is 49.3 Å². The van der Waals surface area contributed by atoms with Crippen molar-refractivity contribution in [1.82, 2.24) is 5.32 Å². The summed E-state index contributed by atoms with van der Waals surface area (Å²) in [5, 5.41) is 12.1. The van der Waals surface area contributed by atoms with Crippen molar-refractivity contribution in [1.29, 1.82) is 0 Å². The van der Waals surface area contributed by atoms with Gasteiger partial charge in [0.2, 0.25) is 0 Å². The summed E-state index contributed by atoms with van der Waals surface area (Å²) in [6.45, 7) is 3.88. The van der Waals surface area contributed by atoms with Crippen LogP contribution in [0.1, 0.15) is 26.2 Å². The number of carbonyl (C=O) groups is 1. The van der Waals surface area contributed by atoms with Gasteiger partial charge in [-0.2, -0.15) is 0 Å². The Balaban J connectivity index is 2.46. The zero-order valence-electron chi connectivity index (χ0n) is 7.55. The molecule has 70 valence electrons. The Morgan fingerprint density at radius 1 is 1.75 bits per heavy atom. The Morgan fingerprint density at radius 3 is 2.92 bits per heavy atom. The molecule has 0 aromatic rings. The largest absolute Gasteiger partial charge is 0.481 e. The van der Waals surface area contributed by atoms with E-state index in [0.29, 0.717) is 5.92 Å². The van der Waals surface area contributed by atoms with E-state index in [-0.39, 0.29) is 5.92 Å². The standard InChI is InChI=1S/C9H17NO2/c1-2-8(9(11)12)7-4-3-5-10-6-7/h7-8,10H,2-6H2,1H3,(H,11,12). The van der Waals surface area contributed by atoms with Crippen LogP contribution in [0.25, 0.3) is 0 Å². The van der Waals surface area contributed by atoms with E-state index in [4.69, 9.17) is 5.11 Å². The van der Waals surface area contributed by atoms with Gasteiger partial charge in [-0.3, -0.25) is 4.79 Å². The third-order valence-electron chi connectivity index (χ3n) is 2.66. The van der Waals surface area contributed by atoms with Crippen LogP contribution >= 0.6 is 0 Å². The van der Waals surface area contributed by atoms with Gasteiger partial charge in [0.15, 0.2) is 0 Å². The molecule has 2 unspecified atom stereocenters. The van der Waals surface area contributed by atoms with Crippen LogP contribution in [-0.4, -0.2) is 24.2 Å². The molecule has 1 rings (SSSR count). The van der Waals surface area contributed by atoms with Gasteiger partial charge in [0, 0.05) is 0 Å². The summed E-state index contributed by atoms with van der Waals surface area (Å²) in [6, 6.07) is 0. The zero-order chi connectivity index (χ0) is 8.97. The lowest BCUT2D eigenvalue weighted by atomic mass is 9.85. The van der Waals surface area contributed by atoms with E-state index in [0.717, 1.165) is 32.4 Å². The molecule has 1 aliphatic heterocycles. The van der Waals surface area contributed by atoms with Gasteiger partial charge in [0.1, 0.15) is 0 Å². The quantitative estimate of drug-likeness (QED) is 0.668. The van der Waals surface area contributed by atoms with Gasteiger partial charge < -0.3 is 10.4 Å². The molecule has 0 aliphatic carbocycles. The fourth-order valence-electron chi connectivity index (χ4n) is 1.93. The molecule has 1 heterocycles. The summed E-state index contributed by atoms with van der Waals surface area (Å²) in [4.78, 5) is 10.8. The van der Waals surface area contributed by atoms with Crippen molar-refractivity contribution < 1.29 is 9.90 Å². The second-order valence-corrected chi connectivity index (χ2v) is 3.46. The lowest BCUT2D eigenvalue weighted by Gasteiger charge is -2.27. The van der Waals surface area contributed by atoms with Crippen LogP contribution in [-0.2, 0) is 4.79 Å². The minimum atomic E-state index is -0.633. The van der Waals surface area contributed by atoms with Crippen molar-refractivity contribution in [3.63, 3.8) is 0 Å². The third kappa shape index (κ3) is 2.21. The molecule has 0 radical (unpaired) electrons. The molecule has 0 amide bonds. The predicted octanol–water partition coefficient (Wildman–Crippen LogP) is 1.10. The maximum atomic E-state index is 10.8. The van der Waals surface area contributed by atoms with Gasteiger partial charge in [-0.1, -0.05) is 6.92 Å². The summed E-state index contributed by atoms with van der Waals surface area (Å²) in [7, 11) is 0. The first kappa shape index (κ1) is 9.52. The summed E-state index contributed by atoms with van der Waals surface area (Å²) < 4.78 is 0. The van der Waals surface area contributed by atoms with Gasteiger partial charge in [0.05, 0.1) is 5.92 Å². The number of piperidine rings is 1. The maximum absolute atomic E-state index is 10.8. The van der Waals surface area contributed by atoms with Crippen molar-refractivity contribution in [2.45, 2.75) is 26.2 Å². The number of hydrogen-bond acceptors (Lipinski definition) is 2. The van der Waals surface area contributed by atoms with Gasteiger partial charge in [-0.15, -0.1) is 0 Å². The average molecular weight is 171 g/mol. The molecule has 3 nitrogen and oxygen atoms in total. The molecule has 0 spiro atoms. The second kappa shape index (κ2) is 4.45. The van der Waals surface area contributed by atoms with E-state index in [2.05, 4.69) is 5.32 Å². The highest BCUT2D eigenvalue weighted by Gasteiger charge is 2.27. The number of rotatable bonds is 3. The lowest BCUT2D eigenvalue weighted by Crippen LogP contribution is -2.36. The van der Waals surface area contributed by atoms with E-state index >= 15 is 0 Å². The van der Waals surface area contributed by atoms with Crippen LogP contribution < -0.4 is 5.32 Å². The number of hydrogen-bond donors (Lipinski definition) is 2. The first-order valence-corrected chi connectivity index (χ1v) is 4.69. The summed E-state index contributed by atoms with van der Waals surface area (Å²) >= 11 is 0. The molecule has 12 heavy (non-hydrogen) atoms. The van der Waals surface area contributed by atoms with E-state index < -0.39 is 5.97 Å². The molecule has 1 aliphatic rings. The first-order valence-electron chi connectivity index (χ1n) is 4.69. The summed E-state index contributed by atoms with van der Waals surface area (Å²) in [5.74, 6) is -0.426. The van der Waals surface area contributed by atoms with Crippen molar-refractivity contribution in [3.05, 3.63) is 0 Å². The molecule has 3 heteroatoms. The van der Waals surface area contributed by atoms with Crippen LogP contribution in [0.15, 0.2) is 0 Å². The van der Waals surface area contributed by atoms with Crippen molar-refractivity contribution >= 4 is 5.97 Å². The third-order valence-corrected chi connectivity index (χ3v) is 2.66. The van der Waals surface area contributed by atoms with Gasteiger partial charge in [0.25, 0.3) is 0 Å². The minimum Gasteiger partial charge on any atom is -0.481 e. The molecule has 2 atom stereocenters. The molecular formula is C9H17NO2. The SMILES string of the molecule is CCC(C(=O)O)C1CCCNC1. The normalized spacial score (nSPS) is 26.6. The molecule has 2 N–H and O–H groups in total. The molecule has 1 saturated heterocycles. The first-order chi connectivity index (χ1) is 5.75. The number of nitrogens with one attached hydrogen (secondary N) is 1. The van der Waals surface area contributed by atoms with Crippen molar-refractivity contribution in [3.8, 4) is 0 Å². The van der Waals surface area contributed by atoms with Crippen molar-refractivity contribution in [2.24, 2.45) is 11.8 Å². The fourth-order valence-corrected chi connectivity index (χ4v) is 1.93. The fraction of sp³-hybridized carbons (Fsp3) is 0.889. The van der Waals surface area contributed by atoms with E-state index in [9.17, 15) is 4.79 Å². The molecule has 1 fully saturated rings. The monoisotopic (exact) mass is 171 g/mol. The maximum Gasteiger partial charge on any atom is 0.306 e. The zero-order valence-corrected chi connectivity index (χ0v) is 7.55. The van der Waals surface area contributed by atoms with E-state index in [1.54, 1.807) is 0 Å². The number of carboxylic acid groups (broad SMARTS) is 1. The smallest absolute Gasteiger partial charge is 0.306 e. The van der Waals surface area contributed by atoms with Crippen molar-refractivity contribution in [2.75, 3.05) is 13.1 Å². The highest BCUT2D eigenvalue weighted by atomic mass is 16.4. The van der Waals surface area contributed by atoms with Gasteiger partial charge in [-0.25, -0.2) is 0 Å². The average Bonchev–Trinajstić information content (AvgIpc) is 2.07. The van der Waals surface area contributed by atoms with Crippen LogP contribution in [0.4, 0.5) is 0 Å². The summed E-state index contributed by atoms with van der Waals surface area (Å²) in [6.07, 6.45) is 2.94. The van der Waals surface area contributed by atoms with Crippen LogP contribution in [0.3, 0.4) is 0 Å². The van der Waals surface area contributed by atoms with Gasteiger partial charge >= 0.3 is 5.97 Å². The minimum absolute atomic E-state index is 0.141. The van der Waals surface area contributed by atoms with E-state index in [1.165, 1.54) is 0 Å². The number of carboxylic acids is 1. The highest BCUT2D eigenvalue weighted by molar-refractivity contribution is 5.70. The highest BCUT2D eigenvalue weighted by Crippen LogP contribution is 2.22. The van der Waals surface area contributed by atoms with Crippen LogP contribution in [0.5, 0.6) is 0 Å². The summed E-state index contributed by atoms with van der Waals surface area (Å²) in [5.41, 5.74) is 0. The molecular weight excluding hydrogens is 154 g/mol. The lowest BCUT2D eigenvalue weighted by molar-refractivity contribution is -0.144. The molecule has 0 aromatic heterocycles. The number of aliphatic carboxylic acids is 1. The van der Waals surface area contributed by atoms with Crippen LogP contribution in [0.2, 0.25) is 0 Å². The molecule has 0 bridgehead atoms. The Kier molecular flexibility index (Phi) is 3.53. The Morgan fingerprint density at radius 2 is 2.50 bits per heavy atom. The van der Waals surface area contributed by atoms with E-state index in [1.807, 2.05) is 6.92 Å². The Bertz CT molecular complexity index is 153. The second-order valence-electron chi connectivity index (χ2n) is 3.46. The molecule has 0 aromatic carbocycles. The van der Waals surface area contributed by atoms with Crippen LogP contribution in [0, 0.1) is 11.8 Å². The predicted molar refractivity (Wildman–Crippen MR) is 47.0 cm³/mol. The van der Waals surface area contributed by atoms with Gasteiger partial charge in [-0.05, 0) is 38.3 Å².